The molecule has 0 aliphatic carbocycles. The van der Waals surface area contributed by atoms with Crippen LogP contribution in [0.1, 0.15) is 19.3 Å². The number of benzene rings is 1. The third-order valence-electron chi connectivity index (χ3n) is 4.13. The van der Waals surface area contributed by atoms with Gasteiger partial charge in [-0.15, -0.1) is 0 Å². The molecule has 2 aliphatic heterocycles. The van der Waals surface area contributed by atoms with Crippen LogP contribution in [0, 0.1) is 0 Å². The molecule has 2 N–H and O–H groups in total. The Kier molecular flexibility index (Phi) is 5.20. The van der Waals surface area contributed by atoms with Crippen molar-refractivity contribution in [2.45, 2.75) is 37.5 Å². The van der Waals surface area contributed by atoms with Crippen molar-refractivity contribution >= 4 is 21.9 Å². The SMILES string of the molecule is CN=C(NCCOc1ccc(Br)cc1)NC1CC2CCC1O2. The first kappa shape index (κ1) is 15.6. The number of guanidine groups is 1. The summed E-state index contributed by atoms with van der Waals surface area (Å²) < 4.78 is 12.6. The van der Waals surface area contributed by atoms with E-state index in [1.165, 1.54) is 6.42 Å². The standard InChI is InChI=1S/C16H22BrN3O2/c1-18-16(20-14-10-13-6-7-15(14)22-13)19-8-9-21-12-4-2-11(17)3-5-12/h2-5,13-15H,6-10H2,1H3,(H2,18,19,20). The molecule has 2 fully saturated rings. The Hall–Kier alpha value is -1.27. The summed E-state index contributed by atoms with van der Waals surface area (Å²) in [4.78, 5) is 4.27. The van der Waals surface area contributed by atoms with Crippen molar-refractivity contribution in [1.29, 1.82) is 0 Å². The van der Waals surface area contributed by atoms with Crippen LogP contribution in [0.2, 0.25) is 0 Å². The minimum atomic E-state index is 0.350. The summed E-state index contributed by atoms with van der Waals surface area (Å²) in [5, 5.41) is 6.74. The average molecular weight is 368 g/mol. The van der Waals surface area contributed by atoms with Crippen LogP contribution in [0.5, 0.6) is 5.75 Å². The summed E-state index contributed by atoms with van der Waals surface area (Å²) in [5.74, 6) is 1.69. The second-order valence-corrected chi connectivity index (χ2v) is 6.58. The third kappa shape index (κ3) is 3.93. The van der Waals surface area contributed by atoms with Gasteiger partial charge in [0.15, 0.2) is 5.96 Å². The summed E-state index contributed by atoms with van der Waals surface area (Å²) in [6, 6.07) is 8.22. The van der Waals surface area contributed by atoms with E-state index in [0.717, 1.165) is 29.0 Å². The minimum absolute atomic E-state index is 0.350. The van der Waals surface area contributed by atoms with Gasteiger partial charge in [0.25, 0.3) is 0 Å². The van der Waals surface area contributed by atoms with Gasteiger partial charge in [-0.2, -0.15) is 0 Å². The minimum Gasteiger partial charge on any atom is -0.492 e. The number of hydrogen-bond donors (Lipinski definition) is 2. The second kappa shape index (κ2) is 7.33. The van der Waals surface area contributed by atoms with E-state index in [0.29, 0.717) is 31.4 Å². The Morgan fingerprint density at radius 3 is 2.82 bits per heavy atom. The van der Waals surface area contributed by atoms with Gasteiger partial charge in [-0.05, 0) is 43.5 Å². The Bertz CT molecular complexity index is 521. The lowest BCUT2D eigenvalue weighted by Crippen LogP contribution is -2.48. The zero-order valence-corrected chi connectivity index (χ0v) is 14.3. The van der Waals surface area contributed by atoms with Crippen LogP contribution in [0.4, 0.5) is 0 Å². The number of rotatable bonds is 5. The molecule has 3 atom stereocenters. The first-order valence-electron chi connectivity index (χ1n) is 7.75. The van der Waals surface area contributed by atoms with Gasteiger partial charge in [-0.1, -0.05) is 15.9 Å². The Morgan fingerprint density at radius 1 is 1.36 bits per heavy atom. The molecule has 2 bridgehead atoms. The molecule has 22 heavy (non-hydrogen) atoms. The molecule has 0 radical (unpaired) electrons. The zero-order chi connectivity index (χ0) is 15.4. The van der Waals surface area contributed by atoms with Gasteiger partial charge in [0.1, 0.15) is 12.4 Å². The van der Waals surface area contributed by atoms with Gasteiger partial charge in [0, 0.05) is 11.5 Å². The van der Waals surface area contributed by atoms with Gasteiger partial charge in [0.05, 0.1) is 24.8 Å². The average Bonchev–Trinajstić information content (AvgIpc) is 3.14. The summed E-state index contributed by atoms with van der Waals surface area (Å²) in [5.41, 5.74) is 0. The van der Waals surface area contributed by atoms with E-state index in [1.54, 1.807) is 7.05 Å². The molecule has 6 heteroatoms. The number of halogens is 1. The van der Waals surface area contributed by atoms with Gasteiger partial charge in [-0.3, -0.25) is 4.99 Å². The van der Waals surface area contributed by atoms with E-state index in [1.807, 2.05) is 24.3 Å². The molecule has 2 saturated heterocycles. The van der Waals surface area contributed by atoms with Crippen LogP contribution in [0.15, 0.2) is 33.7 Å². The van der Waals surface area contributed by atoms with E-state index in [2.05, 4.69) is 31.6 Å². The summed E-state index contributed by atoms with van der Waals surface area (Å²) in [7, 11) is 1.79. The quantitative estimate of drug-likeness (QED) is 0.476. The molecule has 0 amide bonds. The summed E-state index contributed by atoms with van der Waals surface area (Å²) in [6.45, 7) is 1.30. The predicted molar refractivity (Wildman–Crippen MR) is 90.4 cm³/mol. The van der Waals surface area contributed by atoms with Crippen molar-refractivity contribution in [3.8, 4) is 5.75 Å². The van der Waals surface area contributed by atoms with Crippen LogP contribution in [0.25, 0.3) is 0 Å². The highest BCUT2D eigenvalue weighted by atomic mass is 79.9. The third-order valence-corrected chi connectivity index (χ3v) is 4.66. The van der Waals surface area contributed by atoms with Gasteiger partial charge in [0.2, 0.25) is 0 Å². The lowest BCUT2D eigenvalue weighted by Gasteiger charge is -2.22. The normalized spacial score (nSPS) is 27.0. The number of hydrogen-bond acceptors (Lipinski definition) is 3. The topological polar surface area (TPSA) is 54.9 Å². The Labute approximate surface area is 139 Å². The predicted octanol–water partition coefficient (Wildman–Crippen LogP) is 2.31. The molecular weight excluding hydrogens is 346 g/mol. The highest BCUT2D eigenvalue weighted by molar-refractivity contribution is 9.10. The number of aliphatic imine (C=N–C) groups is 1. The second-order valence-electron chi connectivity index (χ2n) is 5.66. The number of nitrogens with zero attached hydrogens (tertiary/aromatic N) is 1. The molecule has 0 aromatic heterocycles. The van der Waals surface area contributed by atoms with Crippen molar-refractivity contribution in [1.82, 2.24) is 10.6 Å². The van der Waals surface area contributed by atoms with Crippen LogP contribution in [-0.4, -0.2) is 44.4 Å². The summed E-state index contributed by atoms with van der Waals surface area (Å²) in [6.07, 6.45) is 4.24. The highest BCUT2D eigenvalue weighted by Crippen LogP contribution is 2.34. The molecule has 5 nitrogen and oxygen atoms in total. The van der Waals surface area contributed by atoms with Crippen molar-refractivity contribution in [2.24, 2.45) is 4.99 Å². The molecule has 0 spiro atoms. The zero-order valence-electron chi connectivity index (χ0n) is 12.7. The molecule has 1 aromatic carbocycles. The fourth-order valence-corrected chi connectivity index (χ4v) is 3.29. The lowest BCUT2D eigenvalue weighted by atomic mass is 9.96. The van der Waals surface area contributed by atoms with Crippen LogP contribution < -0.4 is 15.4 Å². The van der Waals surface area contributed by atoms with Crippen molar-refractivity contribution < 1.29 is 9.47 Å². The van der Waals surface area contributed by atoms with E-state index in [-0.39, 0.29) is 0 Å². The number of nitrogens with one attached hydrogen (secondary N) is 2. The molecule has 3 rings (SSSR count). The Balaban J connectivity index is 1.37. The Morgan fingerprint density at radius 2 is 2.18 bits per heavy atom. The van der Waals surface area contributed by atoms with E-state index < -0.39 is 0 Å². The molecule has 3 unspecified atom stereocenters. The van der Waals surface area contributed by atoms with Gasteiger partial charge in [-0.25, -0.2) is 0 Å². The molecule has 2 heterocycles. The first-order valence-corrected chi connectivity index (χ1v) is 8.55. The molecular formula is C16H22BrN3O2. The number of fused-ring (bicyclic) bond motifs is 2. The maximum absolute atomic E-state index is 5.85. The molecule has 0 saturated carbocycles. The van der Waals surface area contributed by atoms with E-state index >= 15 is 0 Å². The highest BCUT2D eigenvalue weighted by Gasteiger charge is 2.41. The number of ether oxygens (including phenoxy) is 2. The maximum Gasteiger partial charge on any atom is 0.191 e. The maximum atomic E-state index is 5.85. The monoisotopic (exact) mass is 367 g/mol. The fourth-order valence-electron chi connectivity index (χ4n) is 3.03. The van der Waals surface area contributed by atoms with E-state index in [9.17, 15) is 0 Å². The largest absolute Gasteiger partial charge is 0.492 e. The fraction of sp³-hybridized carbons (Fsp3) is 0.562. The molecule has 2 aliphatic rings. The van der Waals surface area contributed by atoms with Crippen LogP contribution in [-0.2, 0) is 4.74 Å². The summed E-state index contributed by atoms with van der Waals surface area (Å²) >= 11 is 3.41. The van der Waals surface area contributed by atoms with Crippen molar-refractivity contribution in [3.05, 3.63) is 28.7 Å². The van der Waals surface area contributed by atoms with Crippen LogP contribution >= 0.6 is 15.9 Å². The van der Waals surface area contributed by atoms with Gasteiger partial charge >= 0.3 is 0 Å². The smallest absolute Gasteiger partial charge is 0.191 e. The first-order chi connectivity index (χ1) is 10.7. The van der Waals surface area contributed by atoms with Crippen molar-refractivity contribution in [3.63, 3.8) is 0 Å². The van der Waals surface area contributed by atoms with Gasteiger partial charge < -0.3 is 20.1 Å². The molecule has 120 valence electrons. The van der Waals surface area contributed by atoms with Crippen LogP contribution in [0.3, 0.4) is 0 Å². The van der Waals surface area contributed by atoms with Crippen molar-refractivity contribution in [2.75, 3.05) is 20.2 Å². The van der Waals surface area contributed by atoms with E-state index in [4.69, 9.17) is 9.47 Å². The molecule has 1 aromatic rings. The lowest BCUT2D eigenvalue weighted by molar-refractivity contribution is 0.0992.